The molecule has 0 aliphatic rings. The Morgan fingerprint density at radius 1 is 1.39 bits per heavy atom. The third-order valence-electron chi connectivity index (χ3n) is 2.75. The SMILES string of the molecule is CCCCc1cc(OC(=O)NC)ccc1N(C)C. The number of hydrogen-bond acceptors (Lipinski definition) is 3. The minimum atomic E-state index is -0.436. The van der Waals surface area contributed by atoms with Crippen molar-refractivity contribution in [3.63, 3.8) is 0 Å². The van der Waals surface area contributed by atoms with Crippen LogP contribution in [0.4, 0.5) is 10.5 Å². The van der Waals surface area contributed by atoms with E-state index in [1.165, 1.54) is 11.3 Å². The zero-order valence-electron chi connectivity index (χ0n) is 11.6. The zero-order chi connectivity index (χ0) is 13.5. The van der Waals surface area contributed by atoms with Crippen molar-refractivity contribution in [1.29, 1.82) is 0 Å². The van der Waals surface area contributed by atoms with Gasteiger partial charge in [0.25, 0.3) is 0 Å². The van der Waals surface area contributed by atoms with Crippen LogP contribution in [-0.2, 0) is 6.42 Å². The van der Waals surface area contributed by atoms with Crippen molar-refractivity contribution in [3.05, 3.63) is 23.8 Å². The molecule has 4 heteroatoms. The summed E-state index contributed by atoms with van der Waals surface area (Å²) in [5.41, 5.74) is 2.39. The highest BCUT2D eigenvalue weighted by Gasteiger charge is 2.08. The van der Waals surface area contributed by atoms with Crippen LogP contribution in [0.3, 0.4) is 0 Å². The van der Waals surface area contributed by atoms with Crippen LogP contribution >= 0.6 is 0 Å². The number of rotatable bonds is 5. The second-order valence-corrected chi connectivity index (χ2v) is 4.43. The molecule has 4 nitrogen and oxygen atoms in total. The molecule has 0 saturated heterocycles. The smallest absolute Gasteiger partial charge is 0.410 e. The van der Waals surface area contributed by atoms with Crippen molar-refractivity contribution < 1.29 is 9.53 Å². The van der Waals surface area contributed by atoms with Crippen LogP contribution in [-0.4, -0.2) is 27.2 Å². The van der Waals surface area contributed by atoms with Crippen LogP contribution in [0.5, 0.6) is 5.75 Å². The summed E-state index contributed by atoms with van der Waals surface area (Å²) in [6, 6.07) is 5.75. The molecule has 1 N–H and O–H groups in total. The fraction of sp³-hybridized carbons (Fsp3) is 0.500. The van der Waals surface area contributed by atoms with Crippen LogP contribution in [0.2, 0.25) is 0 Å². The van der Waals surface area contributed by atoms with E-state index in [1.54, 1.807) is 7.05 Å². The lowest BCUT2D eigenvalue weighted by atomic mass is 10.1. The molecule has 1 aromatic carbocycles. The van der Waals surface area contributed by atoms with Gasteiger partial charge in [-0.15, -0.1) is 0 Å². The first-order valence-electron chi connectivity index (χ1n) is 6.28. The standard InChI is InChI=1S/C14H22N2O2/c1-5-6-7-11-10-12(18-14(17)15-2)8-9-13(11)16(3)4/h8-10H,5-7H2,1-4H3,(H,15,17). The third kappa shape index (κ3) is 3.95. The van der Waals surface area contributed by atoms with Crippen LogP contribution in [0.25, 0.3) is 0 Å². The normalized spacial score (nSPS) is 10.0. The summed E-state index contributed by atoms with van der Waals surface area (Å²) in [6.07, 6.45) is 2.83. The van der Waals surface area contributed by atoms with Crippen molar-refractivity contribution in [1.82, 2.24) is 5.32 Å². The highest BCUT2D eigenvalue weighted by molar-refractivity contribution is 5.70. The number of benzene rings is 1. The van der Waals surface area contributed by atoms with E-state index in [2.05, 4.69) is 17.1 Å². The fourth-order valence-corrected chi connectivity index (χ4v) is 1.79. The molecule has 0 saturated carbocycles. The minimum Gasteiger partial charge on any atom is -0.410 e. The summed E-state index contributed by atoms with van der Waals surface area (Å²) in [4.78, 5) is 13.3. The lowest BCUT2D eigenvalue weighted by Gasteiger charge is -2.18. The molecule has 0 atom stereocenters. The van der Waals surface area contributed by atoms with Gasteiger partial charge >= 0.3 is 6.09 Å². The maximum Gasteiger partial charge on any atom is 0.412 e. The van der Waals surface area contributed by atoms with Gasteiger partial charge in [0, 0.05) is 26.8 Å². The molecule has 1 amide bonds. The average Bonchev–Trinajstić information content (AvgIpc) is 2.36. The highest BCUT2D eigenvalue weighted by atomic mass is 16.5. The second kappa shape index (κ2) is 6.89. The van der Waals surface area contributed by atoms with Crippen molar-refractivity contribution in [2.24, 2.45) is 0 Å². The lowest BCUT2D eigenvalue weighted by molar-refractivity contribution is 0.203. The topological polar surface area (TPSA) is 41.6 Å². The van der Waals surface area contributed by atoms with Crippen LogP contribution in [0.15, 0.2) is 18.2 Å². The van der Waals surface area contributed by atoms with Gasteiger partial charge in [0.1, 0.15) is 5.75 Å². The van der Waals surface area contributed by atoms with Gasteiger partial charge in [0.2, 0.25) is 0 Å². The molecule has 18 heavy (non-hydrogen) atoms. The van der Waals surface area contributed by atoms with E-state index in [-0.39, 0.29) is 0 Å². The number of carbonyl (C=O) groups excluding carboxylic acids is 1. The van der Waals surface area contributed by atoms with E-state index in [0.29, 0.717) is 5.75 Å². The molecule has 0 aliphatic heterocycles. The molecule has 0 heterocycles. The van der Waals surface area contributed by atoms with Crippen LogP contribution < -0.4 is 15.0 Å². The minimum absolute atomic E-state index is 0.436. The van der Waals surface area contributed by atoms with Gasteiger partial charge in [-0.05, 0) is 36.6 Å². The molecule has 0 unspecified atom stereocenters. The Bertz CT molecular complexity index is 403. The van der Waals surface area contributed by atoms with E-state index in [9.17, 15) is 4.79 Å². The molecule has 1 rings (SSSR count). The van der Waals surface area contributed by atoms with Crippen molar-refractivity contribution >= 4 is 11.8 Å². The van der Waals surface area contributed by atoms with E-state index in [0.717, 1.165) is 19.3 Å². The Labute approximate surface area is 109 Å². The van der Waals surface area contributed by atoms with Gasteiger partial charge < -0.3 is 15.0 Å². The molecule has 100 valence electrons. The molecule has 0 spiro atoms. The van der Waals surface area contributed by atoms with Gasteiger partial charge in [-0.2, -0.15) is 0 Å². The summed E-state index contributed by atoms with van der Waals surface area (Å²) in [5, 5.41) is 2.44. The van der Waals surface area contributed by atoms with Gasteiger partial charge in [0.05, 0.1) is 0 Å². The summed E-state index contributed by atoms with van der Waals surface area (Å²) >= 11 is 0. The number of anilines is 1. The number of carbonyl (C=O) groups is 1. The van der Waals surface area contributed by atoms with Crippen molar-refractivity contribution in [3.8, 4) is 5.75 Å². The Hall–Kier alpha value is -1.71. The van der Waals surface area contributed by atoms with E-state index in [4.69, 9.17) is 4.74 Å². The van der Waals surface area contributed by atoms with E-state index in [1.807, 2.05) is 32.3 Å². The third-order valence-corrected chi connectivity index (χ3v) is 2.75. The Morgan fingerprint density at radius 2 is 2.11 bits per heavy atom. The monoisotopic (exact) mass is 250 g/mol. The molecule has 0 radical (unpaired) electrons. The van der Waals surface area contributed by atoms with Gasteiger partial charge in [-0.3, -0.25) is 0 Å². The van der Waals surface area contributed by atoms with Gasteiger partial charge in [0.15, 0.2) is 0 Å². The summed E-state index contributed by atoms with van der Waals surface area (Å²) < 4.78 is 5.15. The number of ether oxygens (including phenoxy) is 1. The molecule has 0 aliphatic carbocycles. The molecule has 0 fully saturated rings. The second-order valence-electron chi connectivity index (χ2n) is 4.43. The number of nitrogens with one attached hydrogen (secondary N) is 1. The first-order valence-corrected chi connectivity index (χ1v) is 6.28. The number of amides is 1. The van der Waals surface area contributed by atoms with Crippen molar-refractivity contribution in [2.45, 2.75) is 26.2 Å². The Kier molecular flexibility index (Phi) is 5.49. The largest absolute Gasteiger partial charge is 0.412 e. The number of unbranched alkanes of at least 4 members (excludes halogenated alkanes) is 1. The predicted molar refractivity (Wildman–Crippen MR) is 74.5 cm³/mol. The van der Waals surface area contributed by atoms with E-state index >= 15 is 0 Å². The van der Waals surface area contributed by atoms with E-state index < -0.39 is 6.09 Å². The number of aryl methyl sites for hydroxylation is 1. The highest BCUT2D eigenvalue weighted by Crippen LogP contribution is 2.25. The first-order chi connectivity index (χ1) is 8.58. The Morgan fingerprint density at radius 3 is 2.67 bits per heavy atom. The number of nitrogens with zero attached hydrogens (tertiary/aromatic N) is 1. The number of hydrogen-bond donors (Lipinski definition) is 1. The average molecular weight is 250 g/mol. The summed E-state index contributed by atoms with van der Waals surface area (Å²) in [6.45, 7) is 2.17. The van der Waals surface area contributed by atoms with Gasteiger partial charge in [-0.25, -0.2) is 4.79 Å². The summed E-state index contributed by atoms with van der Waals surface area (Å²) in [5.74, 6) is 0.589. The lowest BCUT2D eigenvalue weighted by Crippen LogP contribution is -2.22. The van der Waals surface area contributed by atoms with Crippen LogP contribution in [0.1, 0.15) is 25.3 Å². The predicted octanol–water partition coefficient (Wildman–Crippen LogP) is 2.81. The maximum atomic E-state index is 11.2. The molecular weight excluding hydrogens is 228 g/mol. The molecule has 0 bridgehead atoms. The fourth-order valence-electron chi connectivity index (χ4n) is 1.79. The molecule has 1 aromatic rings. The van der Waals surface area contributed by atoms with Gasteiger partial charge in [-0.1, -0.05) is 13.3 Å². The first kappa shape index (κ1) is 14.4. The summed E-state index contributed by atoms with van der Waals surface area (Å²) in [7, 11) is 5.59. The maximum absolute atomic E-state index is 11.2. The quantitative estimate of drug-likeness (QED) is 0.873. The molecule has 0 aromatic heterocycles. The Balaban J connectivity index is 2.93. The van der Waals surface area contributed by atoms with Crippen molar-refractivity contribution in [2.75, 3.05) is 26.0 Å². The van der Waals surface area contributed by atoms with Crippen LogP contribution in [0, 0.1) is 0 Å². The molecular formula is C14H22N2O2. The zero-order valence-corrected chi connectivity index (χ0v) is 11.6.